The number of aromatic nitrogens is 2. The molecule has 4 fully saturated rings. The van der Waals surface area contributed by atoms with Gasteiger partial charge in [-0.25, -0.2) is 14.1 Å². The molecule has 6 rings (SSSR count). The van der Waals surface area contributed by atoms with E-state index in [2.05, 4.69) is 15.5 Å². The maximum atomic E-state index is 13.6. The Kier molecular flexibility index (Phi) is 5.88. The number of rotatable bonds is 5. The Morgan fingerprint density at radius 1 is 1.03 bits per heavy atom. The van der Waals surface area contributed by atoms with Crippen molar-refractivity contribution in [2.75, 3.05) is 25.0 Å². The highest BCUT2D eigenvalue weighted by molar-refractivity contribution is 5.83. The molecule has 0 spiro atoms. The number of nitrogens with zero attached hydrogens (tertiary/aromatic N) is 3. The lowest BCUT2D eigenvalue weighted by Gasteiger charge is -2.49. The van der Waals surface area contributed by atoms with E-state index in [-0.39, 0.29) is 22.3 Å². The number of nitrogens with one attached hydrogen (secondary N) is 1. The summed E-state index contributed by atoms with van der Waals surface area (Å²) in [6.45, 7) is 1.82. The fourth-order valence-electron chi connectivity index (χ4n) is 5.93. The van der Waals surface area contributed by atoms with E-state index < -0.39 is 17.7 Å². The van der Waals surface area contributed by atoms with Crippen molar-refractivity contribution in [3.8, 4) is 0 Å². The number of urea groups is 1. The topological polar surface area (TPSA) is 101 Å². The Morgan fingerprint density at radius 2 is 1.76 bits per heavy atom. The number of carbonyl (C=O) groups is 2. The molecule has 1 aromatic carbocycles. The number of quaternary nitrogens is 1. The zero-order valence-electron chi connectivity index (χ0n) is 18.7. The molecular formula is C25H31N4O4+. The lowest BCUT2D eigenvalue weighted by atomic mass is 9.79. The van der Waals surface area contributed by atoms with Crippen LogP contribution in [0.5, 0.6) is 0 Å². The molecular weight excluding hydrogens is 420 g/mol. The van der Waals surface area contributed by atoms with Crippen LogP contribution >= 0.6 is 0 Å². The minimum absolute atomic E-state index is 0.149. The minimum atomic E-state index is -1.66. The summed E-state index contributed by atoms with van der Waals surface area (Å²) in [6, 6.07) is 12.4. The lowest BCUT2D eigenvalue weighted by molar-refractivity contribution is -0.869. The number of carbonyl (C=O) groups excluding carboxylic acids is 2. The van der Waals surface area contributed by atoms with E-state index >= 15 is 0 Å². The first-order valence-electron chi connectivity index (χ1n) is 12.0. The first-order valence-corrected chi connectivity index (χ1v) is 12.0. The van der Waals surface area contributed by atoms with Crippen molar-refractivity contribution in [2.24, 2.45) is 11.8 Å². The van der Waals surface area contributed by atoms with Crippen LogP contribution in [0.25, 0.3) is 0 Å². The molecule has 4 aliphatic rings. The van der Waals surface area contributed by atoms with Crippen LogP contribution in [0.3, 0.4) is 0 Å². The molecule has 1 unspecified atom stereocenters. The standard InChI is InChI=1S/C25H30N4O4/c30-23(25(32,20-9-4-5-10-20)19-7-2-1-3-8-19)33-21-17-29(15-12-18(21)13-16-29)24(31)27-22-11-6-14-26-28-22/h1-3,6-8,11,14,18,20-21,32H,4-5,9-10,12-13,15-17H2/p+1/t18?,21-,25?,29?/m0/s1. The monoisotopic (exact) mass is 451 g/mol. The molecule has 174 valence electrons. The predicted octanol–water partition coefficient (Wildman–Crippen LogP) is 3.24. The van der Waals surface area contributed by atoms with E-state index in [1.54, 1.807) is 30.5 Å². The van der Waals surface area contributed by atoms with Gasteiger partial charge in [-0.1, -0.05) is 43.2 Å². The summed E-state index contributed by atoms with van der Waals surface area (Å²) in [5.41, 5.74) is -1.07. The van der Waals surface area contributed by atoms with Crippen molar-refractivity contribution in [1.29, 1.82) is 0 Å². The average molecular weight is 452 g/mol. The van der Waals surface area contributed by atoms with Gasteiger partial charge in [0.2, 0.25) is 0 Å². The Bertz CT molecular complexity index is 988. The molecule has 8 nitrogen and oxygen atoms in total. The Labute approximate surface area is 193 Å². The number of ether oxygens (including phenoxy) is 1. The fourth-order valence-corrected chi connectivity index (χ4v) is 5.93. The van der Waals surface area contributed by atoms with Crippen LogP contribution in [0, 0.1) is 11.8 Å². The van der Waals surface area contributed by atoms with E-state index in [1.165, 1.54) is 0 Å². The third-order valence-corrected chi connectivity index (χ3v) is 7.88. The van der Waals surface area contributed by atoms with Crippen LogP contribution in [0.4, 0.5) is 10.6 Å². The number of hydrogen-bond acceptors (Lipinski definition) is 6. The van der Waals surface area contributed by atoms with Crippen LogP contribution in [0.1, 0.15) is 44.1 Å². The van der Waals surface area contributed by atoms with Crippen molar-refractivity contribution >= 4 is 17.8 Å². The van der Waals surface area contributed by atoms with Crippen molar-refractivity contribution < 1.29 is 23.9 Å². The van der Waals surface area contributed by atoms with Crippen LogP contribution in [0.2, 0.25) is 0 Å². The first kappa shape index (κ1) is 22.0. The third-order valence-electron chi connectivity index (χ3n) is 7.88. The second-order valence-electron chi connectivity index (χ2n) is 9.71. The van der Waals surface area contributed by atoms with Crippen LogP contribution in [-0.4, -0.2) is 57.5 Å². The quantitative estimate of drug-likeness (QED) is 0.535. The molecule has 1 saturated carbocycles. The van der Waals surface area contributed by atoms with Gasteiger partial charge in [-0.2, -0.15) is 5.10 Å². The first-order chi connectivity index (χ1) is 16.0. The van der Waals surface area contributed by atoms with Gasteiger partial charge in [0, 0.05) is 30.9 Å². The number of anilines is 1. The molecule has 2 amide bonds. The van der Waals surface area contributed by atoms with Crippen LogP contribution < -0.4 is 5.32 Å². The molecule has 4 heterocycles. The molecule has 2 N–H and O–H groups in total. The van der Waals surface area contributed by atoms with Crippen LogP contribution in [-0.2, 0) is 15.1 Å². The highest BCUT2D eigenvalue weighted by atomic mass is 16.6. The summed E-state index contributed by atoms with van der Waals surface area (Å²) in [4.78, 5) is 26.8. The van der Waals surface area contributed by atoms with Gasteiger partial charge in [0.15, 0.2) is 17.5 Å². The van der Waals surface area contributed by atoms with Gasteiger partial charge in [-0.05, 0) is 30.5 Å². The van der Waals surface area contributed by atoms with Gasteiger partial charge in [-0.3, -0.25) is 5.32 Å². The third kappa shape index (κ3) is 4.02. The molecule has 3 aliphatic heterocycles. The largest absolute Gasteiger partial charge is 0.454 e. The van der Waals surface area contributed by atoms with E-state index in [0.29, 0.717) is 31.0 Å². The fraction of sp³-hybridized carbons (Fsp3) is 0.520. The van der Waals surface area contributed by atoms with E-state index in [1.807, 2.05) is 18.2 Å². The zero-order chi connectivity index (χ0) is 22.9. The summed E-state index contributed by atoms with van der Waals surface area (Å²) >= 11 is 0. The number of fused-ring (bicyclic) bond motifs is 3. The minimum Gasteiger partial charge on any atom is -0.454 e. The Hall–Kier alpha value is -2.84. The van der Waals surface area contributed by atoms with Gasteiger partial charge in [0.25, 0.3) is 0 Å². The molecule has 0 radical (unpaired) electrons. The lowest BCUT2D eigenvalue weighted by Crippen LogP contribution is -2.68. The summed E-state index contributed by atoms with van der Waals surface area (Å²) in [5, 5.41) is 22.4. The molecule has 33 heavy (non-hydrogen) atoms. The predicted molar refractivity (Wildman–Crippen MR) is 121 cm³/mol. The average Bonchev–Trinajstić information content (AvgIpc) is 3.41. The van der Waals surface area contributed by atoms with Crippen molar-refractivity contribution in [3.05, 3.63) is 54.2 Å². The number of esters is 1. The van der Waals surface area contributed by atoms with Gasteiger partial charge in [0.05, 0.1) is 13.1 Å². The molecule has 1 aliphatic carbocycles. The van der Waals surface area contributed by atoms with E-state index in [9.17, 15) is 14.7 Å². The van der Waals surface area contributed by atoms with Gasteiger partial charge in [0.1, 0.15) is 6.54 Å². The summed E-state index contributed by atoms with van der Waals surface area (Å²) in [5.74, 6) is -0.110. The Morgan fingerprint density at radius 3 is 2.42 bits per heavy atom. The van der Waals surface area contributed by atoms with Crippen molar-refractivity contribution in [2.45, 2.75) is 50.2 Å². The number of piperidine rings is 3. The van der Waals surface area contributed by atoms with E-state index in [0.717, 1.165) is 38.5 Å². The van der Waals surface area contributed by atoms with Crippen molar-refractivity contribution in [3.63, 3.8) is 0 Å². The molecule has 2 aromatic rings. The molecule has 2 atom stereocenters. The van der Waals surface area contributed by atoms with Crippen LogP contribution in [0.15, 0.2) is 48.7 Å². The second kappa shape index (κ2) is 8.83. The second-order valence-corrected chi connectivity index (χ2v) is 9.71. The number of aliphatic hydroxyl groups is 1. The summed E-state index contributed by atoms with van der Waals surface area (Å²) in [7, 11) is 0. The van der Waals surface area contributed by atoms with E-state index in [4.69, 9.17) is 4.74 Å². The maximum Gasteiger partial charge on any atom is 0.422 e. The Balaban J connectivity index is 1.35. The number of amides is 2. The maximum absolute atomic E-state index is 13.6. The molecule has 8 heteroatoms. The smallest absolute Gasteiger partial charge is 0.422 e. The van der Waals surface area contributed by atoms with Gasteiger partial charge < -0.3 is 9.84 Å². The highest BCUT2D eigenvalue weighted by Gasteiger charge is 2.55. The zero-order valence-corrected chi connectivity index (χ0v) is 18.7. The SMILES string of the molecule is O=C(O[C@H]1C[N+]2(C(=O)Nc3cccnn3)CCC1CC2)C(O)(c1ccccc1)C1CCCC1. The number of hydrogen-bond donors (Lipinski definition) is 2. The van der Waals surface area contributed by atoms with Gasteiger partial charge >= 0.3 is 12.0 Å². The molecule has 3 saturated heterocycles. The summed E-state index contributed by atoms with van der Waals surface area (Å²) in [6.07, 6.45) is 6.37. The highest BCUT2D eigenvalue weighted by Crippen LogP contribution is 2.43. The number of benzene rings is 1. The molecule has 2 bridgehead atoms. The van der Waals surface area contributed by atoms with Gasteiger partial charge in [-0.15, -0.1) is 5.10 Å². The summed E-state index contributed by atoms with van der Waals surface area (Å²) < 4.78 is 6.28. The molecule has 1 aromatic heterocycles. The normalized spacial score (nSPS) is 28.8. The van der Waals surface area contributed by atoms with Crippen molar-refractivity contribution in [1.82, 2.24) is 10.2 Å².